The quantitative estimate of drug-likeness (QED) is 0.532. The van der Waals surface area contributed by atoms with E-state index in [0.29, 0.717) is 0 Å². The lowest BCUT2D eigenvalue weighted by Gasteiger charge is -2.18. The molecular formula is C7H13NO2. The fourth-order valence-corrected chi connectivity index (χ4v) is 0.651. The zero-order valence-corrected chi connectivity index (χ0v) is 6.35. The molecule has 3 heteroatoms. The number of hydrogen-bond acceptors (Lipinski definition) is 3. The zero-order chi connectivity index (χ0) is 8.20. The molecule has 0 radical (unpaired) electrons. The number of carbonyl (C=O) groups excluding carboxylic acids is 1. The van der Waals surface area contributed by atoms with E-state index in [-0.39, 0.29) is 12.3 Å². The highest BCUT2D eigenvalue weighted by molar-refractivity contribution is 5.96. The summed E-state index contributed by atoms with van der Waals surface area (Å²) in [4.78, 5) is 10.8. The van der Waals surface area contributed by atoms with Crippen LogP contribution in [0.4, 0.5) is 0 Å². The summed E-state index contributed by atoms with van der Waals surface area (Å²) in [6, 6.07) is 0. The van der Waals surface area contributed by atoms with Gasteiger partial charge in [-0.25, -0.2) is 0 Å². The largest absolute Gasteiger partial charge is 0.381 e. The van der Waals surface area contributed by atoms with Gasteiger partial charge in [-0.15, -0.1) is 0 Å². The summed E-state index contributed by atoms with van der Waals surface area (Å²) < 4.78 is 0. The molecule has 2 N–H and O–H groups in total. The van der Waals surface area contributed by atoms with Crippen LogP contribution >= 0.6 is 0 Å². The van der Waals surface area contributed by atoms with E-state index in [9.17, 15) is 9.90 Å². The molecule has 10 heavy (non-hydrogen) atoms. The molecule has 0 rings (SSSR count). The van der Waals surface area contributed by atoms with E-state index < -0.39 is 5.60 Å². The lowest BCUT2D eigenvalue weighted by molar-refractivity contribution is -0.130. The van der Waals surface area contributed by atoms with Crippen molar-refractivity contribution in [3.63, 3.8) is 0 Å². The third-order valence-corrected chi connectivity index (χ3v) is 1.24. The minimum absolute atomic E-state index is 0.248. The average Bonchev–Trinajstić information content (AvgIpc) is 1.86. The molecule has 58 valence electrons. The Bertz CT molecular complexity index is 141. The third-order valence-electron chi connectivity index (χ3n) is 1.24. The van der Waals surface area contributed by atoms with E-state index in [1.807, 2.05) is 0 Å². The van der Waals surface area contributed by atoms with Crippen molar-refractivity contribution in [2.75, 3.05) is 13.6 Å². The Morgan fingerprint density at radius 1 is 1.90 bits per heavy atom. The maximum absolute atomic E-state index is 10.8. The SMILES string of the molecule is C=CC(=O)C(C)(O)CNC. The summed E-state index contributed by atoms with van der Waals surface area (Å²) in [6.45, 7) is 4.97. The number of likely N-dealkylation sites (N-methyl/N-ethyl adjacent to an activating group) is 1. The van der Waals surface area contributed by atoms with Gasteiger partial charge in [0.1, 0.15) is 5.60 Å². The molecule has 1 atom stereocenters. The molecule has 0 spiro atoms. The first-order valence-corrected chi connectivity index (χ1v) is 3.08. The molecule has 0 saturated heterocycles. The smallest absolute Gasteiger partial charge is 0.187 e. The summed E-state index contributed by atoms with van der Waals surface area (Å²) in [5.41, 5.74) is -1.31. The first-order valence-electron chi connectivity index (χ1n) is 3.08. The van der Waals surface area contributed by atoms with Crippen molar-refractivity contribution in [3.05, 3.63) is 12.7 Å². The van der Waals surface area contributed by atoms with Crippen LogP contribution in [0.15, 0.2) is 12.7 Å². The molecule has 0 aliphatic heterocycles. The zero-order valence-electron chi connectivity index (χ0n) is 6.35. The summed E-state index contributed by atoms with van der Waals surface area (Å²) >= 11 is 0. The predicted octanol–water partition coefficient (Wildman–Crippen LogP) is -0.288. The molecule has 0 aliphatic rings. The van der Waals surface area contributed by atoms with Gasteiger partial charge in [0.2, 0.25) is 0 Å². The molecule has 0 aromatic carbocycles. The van der Waals surface area contributed by atoms with Gasteiger partial charge < -0.3 is 10.4 Å². The van der Waals surface area contributed by atoms with Gasteiger partial charge in [0, 0.05) is 6.54 Å². The Morgan fingerprint density at radius 3 is 2.70 bits per heavy atom. The molecule has 0 saturated carbocycles. The minimum Gasteiger partial charge on any atom is -0.381 e. The molecule has 3 nitrogen and oxygen atoms in total. The Kier molecular flexibility index (Phi) is 3.25. The van der Waals surface area contributed by atoms with Crippen molar-refractivity contribution in [3.8, 4) is 0 Å². The lowest BCUT2D eigenvalue weighted by atomic mass is 10.0. The van der Waals surface area contributed by atoms with E-state index in [2.05, 4.69) is 11.9 Å². The van der Waals surface area contributed by atoms with Crippen molar-refractivity contribution >= 4 is 5.78 Å². The van der Waals surface area contributed by atoms with Crippen LogP contribution in [0, 0.1) is 0 Å². The summed E-state index contributed by atoms with van der Waals surface area (Å²) in [5.74, 6) is -0.359. The molecular weight excluding hydrogens is 130 g/mol. The highest BCUT2D eigenvalue weighted by atomic mass is 16.3. The van der Waals surface area contributed by atoms with E-state index >= 15 is 0 Å². The Labute approximate surface area is 60.7 Å². The van der Waals surface area contributed by atoms with E-state index in [1.165, 1.54) is 6.92 Å². The van der Waals surface area contributed by atoms with Gasteiger partial charge in [0.25, 0.3) is 0 Å². The highest BCUT2D eigenvalue weighted by Crippen LogP contribution is 2.02. The molecule has 0 bridgehead atoms. The van der Waals surface area contributed by atoms with Gasteiger partial charge in [-0.1, -0.05) is 6.58 Å². The molecule has 1 unspecified atom stereocenters. The van der Waals surface area contributed by atoms with Crippen LogP contribution < -0.4 is 5.32 Å². The standard InChI is InChI=1S/C7H13NO2/c1-4-6(9)7(2,10)5-8-3/h4,8,10H,1,5H2,2-3H3. The van der Waals surface area contributed by atoms with Gasteiger partial charge >= 0.3 is 0 Å². The van der Waals surface area contributed by atoms with Crippen LogP contribution in [-0.2, 0) is 4.79 Å². The van der Waals surface area contributed by atoms with Crippen LogP contribution in [0.5, 0.6) is 0 Å². The van der Waals surface area contributed by atoms with Gasteiger partial charge in [0.05, 0.1) is 0 Å². The second-order valence-electron chi connectivity index (χ2n) is 2.37. The van der Waals surface area contributed by atoms with Gasteiger partial charge in [-0.05, 0) is 20.0 Å². The number of aliphatic hydroxyl groups is 1. The monoisotopic (exact) mass is 143 g/mol. The Balaban J connectivity index is 4.08. The second-order valence-corrected chi connectivity index (χ2v) is 2.37. The number of carbonyl (C=O) groups is 1. The molecule has 0 heterocycles. The number of rotatable bonds is 4. The fourth-order valence-electron chi connectivity index (χ4n) is 0.651. The maximum atomic E-state index is 10.8. The minimum atomic E-state index is -1.31. The predicted molar refractivity (Wildman–Crippen MR) is 39.8 cm³/mol. The van der Waals surface area contributed by atoms with Gasteiger partial charge in [0.15, 0.2) is 5.78 Å². The highest BCUT2D eigenvalue weighted by Gasteiger charge is 2.25. The van der Waals surface area contributed by atoms with Gasteiger partial charge in [-0.3, -0.25) is 4.79 Å². The van der Waals surface area contributed by atoms with E-state index in [0.717, 1.165) is 6.08 Å². The fraction of sp³-hybridized carbons (Fsp3) is 0.571. The Morgan fingerprint density at radius 2 is 2.40 bits per heavy atom. The number of ketones is 1. The molecule has 0 aromatic rings. The third kappa shape index (κ3) is 2.29. The lowest BCUT2D eigenvalue weighted by Crippen LogP contribution is -2.42. The average molecular weight is 143 g/mol. The summed E-state index contributed by atoms with van der Waals surface area (Å²) in [5, 5.41) is 12.0. The van der Waals surface area contributed by atoms with Crippen LogP contribution in [0.1, 0.15) is 6.92 Å². The van der Waals surface area contributed by atoms with Crippen molar-refractivity contribution < 1.29 is 9.90 Å². The first-order chi connectivity index (χ1) is 4.54. The normalized spacial score (nSPS) is 15.9. The van der Waals surface area contributed by atoms with Gasteiger partial charge in [-0.2, -0.15) is 0 Å². The molecule has 0 amide bonds. The van der Waals surface area contributed by atoms with Crippen LogP contribution in [0.2, 0.25) is 0 Å². The maximum Gasteiger partial charge on any atom is 0.187 e. The van der Waals surface area contributed by atoms with Crippen molar-refractivity contribution in [1.29, 1.82) is 0 Å². The summed E-state index contributed by atoms with van der Waals surface area (Å²) in [6.07, 6.45) is 1.12. The first kappa shape index (κ1) is 9.33. The topological polar surface area (TPSA) is 49.3 Å². The molecule has 0 aliphatic carbocycles. The summed E-state index contributed by atoms with van der Waals surface area (Å²) in [7, 11) is 1.67. The van der Waals surface area contributed by atoms with Crippen LogP contribution in [-0.4, -0.2) is 30.1 Å². The molecule has 0 fully saturated rings. The number of nitrogens with one attached hydrogen (secondary N) is 1. The van der Waals surface area contributed by atoms with Crippen molar-refractivity contribution in [2.45, 2.75) is 12.5 Å². The van der Waals surface area contributed by atoms with Crippen LogP contribution in [0.25, 0.3) is 0 Å². The number of hydrogen-bond donors (Lipinski definition) is 2. The van der Waals surface area contributed by atoms with Crippen LogP contribution in [0.3, 0.4) is 0 Å². The van der Waals surface area contributed by atoms with E-state index in [4.69, 9.17) is 0 Å². The van der Waals surface area contributed by atoms with Crippen molar-refractivity contribution in [2.24, 2.45) is 0 Å². The Hall–Kier alpha value is -0.670. The van der Waals surface area contributed by atoms with E-state index in [1.54, 1.807) is 7.05 Å². The second kappa shape index (κ2) is 3.49. The molecule has 0 aromatic heterocycles. The van der Waals surface area contributed by atoms with Crippen molar-refractivity contribution in [1.82, 2.24) is 5.32 Å².